The molecular weight excluding hydrogens is 324 g/mol. The van der Waals surface area contributed by atoms with E-state index in [1.165, 1.54) is 0 Å². The number of aromatic nitrogens is 2. The van der Waals surface area contributed by atoms with Crippen LogP contribution in [0.4, 0.5) is 5.69 Å². The van der Waals surface area contributed by atoms with Crippen molar-refractivity contribution in [2.45, 2.75) is 6.54 Å². The lowest BCUT2D eigenvalue weighted by molar-refractivity contribution is -0.136. The number of carbonyl (C=O) groups is 2. The Kier molecular flexibility index (Phi) is 3.70. The fourth-order valence-corrected chi connectivity index (χ4v) is 2.51. The molecule has 1 aromatic heterocycles. The lowest BCUT2D eigenvalue weighted by Gasteiger charge is -2.07. The first-order valence-corrected chi connectivity index (χ1v) is 7.60. The highest BCUT2D eigenvalue weighted by Crippen LogP contribution is 2.32. The standard InChI is InChI=1S/C17H14N4O4/c22-16(18-7-10-1-4-14-15(5-10)25-9-24-14)17(23)21-11-2-3-12-13(6-11)20-8-19-12/h1-6,8H,7,9H2,(H,18,22)(H,19,20)(H,21,23). The molecule has 0 unspecified atom stereocenters. The van der Waals surface area contributed by atoms with Crippen LogP contribution in [0, 0.1) is 0 Å². The van der Waals surface area contributed by atoms with Crippen LogP contribution in [0.2, 0.25) is 0 Å². The van der Waals surface area contributed by atoms with Gasteiger partial charge in [0, 0.05) is 12.2 Å². The van der Waals surface area contributed by atoms with Crippen molar-refractivity contribution in [3.8, 4) is 11.5 Å². The number of rotatable bonds is 3. The van der Waals surface area contributed by atoms with E-state index in [0.717, 1.165) is 16.6 Å². The van der Waals surface area contributed by atoms with Gasteiger partial charge in [0.2, 0.25) is 6.79 Å². The molecule has 0 saturated carbocycles. The highest BCUT2D eigenvalue weighted by atomic mass is 16.7. The van der Waals surface area contributed by atoms with Gasteiger partial charge in [-0.2, -0.15) is 0 Å². The largest absolute Gasteiger partial charge is 0.454 e. The number of nitrogens with one attached hydrogen (secondary N) is 3. The Morgan fingerprint density at radius 3 is 2.88 bits per heavy atom. The highest BCUT2D eigenvalue weighted by Gasteiger charge is 2.16. The minimum Gasteiger partial charge on any atom is -0.454 e. The molecule has 2 heterocycles. The van der Waals surface area contributed by atoms with E-state index in [4.69, 9.17) is 9.47 Å². The lowest BCUT2D eigenvalue weighted by Crippen LogP contribution is -2.34. The number of anilines is 1. The van der Waals surface area contributed by atoms with Crippen LogP contribution in [-0.2, 0) is 16.1 Å². The van der Waals surface area contributed by atoms with Crippen LogP contribution in [0.25, 0.3) is 11.0 Å². The quantitative estimate of drug-likeness (QED) is 0.628. The zero-order valence-corrected chi connectivity index (χ0v) is 13.0. The molecule has 3 N–H and O–H groups in total. The summed E-state index contributed by atoms with van der Waals surface area (Å²) in [7, 11) is 0. The van der Waals surface area contributed by atoms with E-state index in [1.54, 1.807) is 42.7 Å². The number of ether oxygens (including phenoxy) is 2. The van der Waals surface area contributed by atoms with Gasteiger partial charge in [0.1, 0.15) is 0 Å². The second-order valence-electron chi connectivity index (χ2n) is 5.46. The summed E-state index contributed by atoms with van der Waals surface area (Å²) in [5.74, 6) is -0.159. The fourth-order valence-electron chi connectivity index (χ4n) is 2.51. The highest BCUT2D eigenvalue weighted by molar-refractivity contribution is 6.39. The number of benzene rings is 2. The number of imidazole rings is 1. The Labute approximate surface area is 142 Å². The summed E-state index contributed by atoms with van der Waals surface area (Å²) >= 11 is 0. The van der Waals surface area contributed by atoms with Crippen molar-refractivity contribution in [2.75, 3.05) is 12.1 Å². The van der Waals surface area contributed by atoms with Gasteiger partial charge < -0.3 is 25.1 Å². The summed E-state index contributed by atoms with van der Waals surface area (Å²) in [6.45, 7) is 0.400. The summed E-state index contributed by atoms with van der Waals surface area (Å²) in [5.41, 5.74) is 2.88. The van der Waals surface area contributed by atoms with E-state index in [1.807, 2.05) is 0 Å². The van der Waals surface area contributed by atoms with Gasteiger partial charge in [0.25, 0.3) is 0 Å². The van der Waals surface area contributed by atoms with Gasteiger partial charge >= 0.3 is 11.8 Å². The Bertz CT molecular complexity index is 966. The number of hydrogen-bond donors (Lipinski definition) is 3. The number of nitrogens with zero attached hydrogens (tertiary/aromatic N) is 1. The van der Waals surface area contributed by atoms with E-state index in [-0.39, 0.29) is 13.3 Å². The zero-order chi connectivity index (χ0) is 17.2. The molecule has 1 aliphatic rings. The first-order valence-electron chi connectivity index (χ1n) is 7.60. The van der Waals surface area contributed by atoms with Crippen molar-refractivity contribution in [1.82, 2.24) is 15.3 Å². The first-order chi connectivity index (χ1) is 12.2. The number of fused-ring (bicyclic) bond motifs is 2. The monoisotopic (exact) mass is 338 g/mol. The summed E-state index contributed by atoms with van der Waals surface area (Å²) < 4.78 is 10.5. The minimum atomic E-state index is -0.736. The molecule has 0 aliphatic carbocycles. The Morgan fingerprint density at radius 1 is 1.08 bits per heavy atom. The Balaban J connectivity index is 1.36. The van der Waals surface area contributed by atoms with Crippen LogP contribution in [-0.4, -0.2) is 28.6 Å². The SMILES string of the molecule is O=C(NCc1ccc2c(c1)OCO2)C(=O)Nc1ccc2nc[nH]c2c1. The second kappa shape index (κ2) is 6.16. The minimum absolute atomic E-state index is 0.189. The summed E-state index contributed by atoms with van der Waals surface area (Å²) in [4.78, 5) is 31.0. The van der Waals surface area contributed by atoms with Crippen molar-refractivity contribution < 1.29 is 19.1 Å². The number of carbonyl (C=O) groups excluding carboxylic acids is 2. The molecule has 126 valence electrons. The maximum Gasteiger partial charge on any atom is 0.313 e. The molecule has 0 radical (unpaired) electrons. The smallest absolute Gasteiger partial charge is 0.313 e. The molecule has 4 rings (SSSR count). The fraction of sp³-hybridized carbons (Fsp3) is 0.118. The summed E-state index contributed by atoms with van der Waals surface area (Å²) in [6.07, 6.45) is 1.56. The van der Waals surface area contributed by atoms with Crippen LogP contribution in [0.5, 0.6) is 11.5 Å². The number of H-pyrrole nitrogens is 1. The molecule has 0 bridgehead atoms. The van der Waals surface area contributed by atoms with Crippen LogP contribution >= 0.6 is 0 Å². The third kappa shape index (κ3) is 3.09. The molecule has 2 aromatic carbocycles. The van der Waals surface area contributed by atoms with E-state index in [2.05, 4.69) is 20.6 Å². The molecule has 0 fully saturated rings. The Hall–Kier alpha value is -3.55. The van der Waals surface area contributed by atoms with Crippen LogP contribution in [0.3, 0.4) is 0 Å². The Morgan fingerprint density at radius 2 is 1.96 bits per heavy atom. The van der Waals surface area contributed by atoms with Gasteiger partial charge in [-0.05, 0) is 35.9 Å². The third-order valence-corrected chi connectivity index (χ3v) is 3.77. The molecule has 3 aromatic rings. The van der Waals surface area contributed by atoms with Gasteiger partial charge in [0.05, 0.1) is 17.4 Å². The predicted molar refractivity (Wildman–Crippen MR) is 89.1 cm³/mol. The van der Waals surface area contributed by atoms with Crippen molar-refractivity contribution in [2.24, 2.45) is 0 Å². The molecule has 8 heteroatoms. The molecule has 25 heavy (non-hydrogen) atoms. The average molecular weight is 338 g/mol. The number of aromatic amines is 1. The van der Waals surface area contributed by atoms with Crippen molar-refractivity contribution in [3.63, 3.8) is 0 Å². The van der Waals surface area contributed by atoms with Gasteiger partial charge in [-0.25, -0.2) is 4.98 Å². The maximum atomic E-state index is 12.0. The first kappa shape index (κ1) is 15.0. The van der Waals surface area contributed by atoms with E-state index in [0.29, 0.717) is 17.2 Å². The van der Waals surface area contributed by atoms with E-state index >= 15 is 0 Å². The molecule has 1 aliphatic heterocycles. The third-order valence-electron chi connectivity index (χ3n) is 3.77. The van der Waals surface area contributed by atoms with Gasteiger partial charge in [-0.3, -0.25) is 9.59 Å². The van der Waals surface area contributed by atoms with Crippen LogP contribution in [0.1, 0.15) is 5.56 Å². The maximum absolute atomic E-state index is 12.0. The summed E-state index contributed by atoms with van der Waals surface area (Å²) in [5, 5.41) is 5.13. The normalized spacial score (nSPS) is 12.2. The van der Waals surface area contributed by atoms with Crippen molar-refractivity contribution >= 4 is 28.5 Å². The van der Waals surface area contributed by atoms with E-state index in [9.17, 15) is 9.59 Å². The molecular formula is C17H14N4O4. The van der Waals surface area contributed by atoms with Gasteiger partial charge in [-0.15, -0.1) is 0 Å². The predicted octanol–water partition coefficient (Wildman–Crippen LogP) is 1.55. The zero-order valence-electron chi connectivity index (χ0n) is 13.0. The topological polar surface area (TPSA) is 105 Å². The van der Waals surface area contributed by atoms with Crippen molar-refractivity contribution in [3.05, 3.63) is 48.3 Å². The average Bonchev–Trinajstić information content (AvgIpc) is 3.27. The van der Waals surface area contributed by atoms with E-state index < -0.39 is 11.8 Å². The molecule has 0 atom stereocenters. The molecule has 0 spiro atoms. The lowest BCUT2D eigenvalue weighted by atomic mass is 10.2. The van der Waals surface area contributed by atoms with Gasteiger partial charge in [-0.1, -0.05) is 6.07 Å². The number of amides is 2. The summed E-state index contributed by atoms with van der Waals surface area (Å²) in [6, 6.07) is 10.5. The second-order valence-corrected chi connectivity index (χ2v) is 5.46. The van der Waals surface area contributed by atoms with Crippen molar-refractivity contribution in [1.29, 1.82) is 0 Å². The molecule has 2 amide bonds. The van der Waals surface area contributed by atoms with Crippen LogP contribution < -0.4 is 20.1 Å². The molecule has 0 saturated heterocycles. The van der Waals surface area contributed by atoms with Crippen LogP contribution in [0.15, 0.2) is 42.7 Å². The number of hydrogen-bond acceptors (Lipinski definition) is 5. The van der Waals surface area contributed by atoms with Gasteiger partial charge in [0.15, 0.2) is 11.5 Å². The molecule has 8 nitrogen and oxygen atoms in total.